The Morgan fingerprint density at radius 1 is 1.43 bits per heavy atom. The van der Waals surface area contributed by atoms with E-state index in [1.807, 2.05) is 0 Å². The van der Waals surface area contributed by atoms with Gasteiger partial charge in [0.15, 0.2) is 0 Å². The van der Waals surface area contributed by atoms with Crippen LogP contribution in [0.15, 0.2) is 0 Å². The van der Waals surface area contributed by atoms with Crippen molar-refractivity contribution in [2.45, 2.75) is 13.1 Å². The van der Waals surface area contributed by atoms with E-state index in [1.54, 1.807) is 0 Å². The second kappa shape index (κ2) is 2.21. The van der Waals surface area contributed by atoms with Gasteiger partial charge in [0, 0.05) is 0 Å². The van der Waals surface area contributed by atoms with Crippen LogP contribution in [0.2, 0.25) is 0 Å². The number of rotatable bonds is 0. The van der Waals surface area contributed by atoms with Crippen molar-refractivity contribution in [2.75, 3.05) is 0 Å². The zero-order valence-electron chi connectivity index (χ0n) is 3.63. The van der Waals surface area contributed by atoms with E-state index in [1.165, 1.54) is 0 Å². The molecule has 0 bridgehead atoms. The van der Waals surface area contributed by atoms with Crippen LogP contribution in [0.1, 0.15) is 6.92 Å². The third-order valence-corrected chi connectivity index (χ3v) is 1.12. The van der Waals surface area contributed by atoms with E-state index in [9.17, 15) is 13.2 Å². The van der Waals surface area contributed by atoms with Gasteiger partial charge in [0.1, 0.15) is 0 Å². The molecule has 4 heteroatoms. The zero-order chi connectivity index (χ0) is 6.08. The van der Waals surface area contributed by atoms with E-state index >= 15 is 0 Å². The van der Waals surface area contributed by atoms with Gasteiger partial charge in [0.2, 0.25) is 0 Å². The summed E-state index contributed by atoms with van der Waals surface area (Å²) in [4.78, 5) is 0. The summed E-state index contributed by atoms with van der Waals surface area (Å²) in [5, 5.41) is 0. The maximum atomic E-state index is 11.2. The SMILES string of the molecule is C[C](=[Zr+2])C(F)(F)F. The summed E-state index contributed by atoms with van der Waals surface area (Å²) in [7, 11) is 0. The van der Waals surface area contributed by atoms with Gasteiger partial charge < -0.3 is 0 Å². The van der Waals surface area contributed by atoms with Crippen molar-refractivity contribution in [3.63, 3.8) is 0 Å². The van der Waals surface area contributed by atoms with Gasteiger partial charge in [-0.1, -0.05) is 0 Å². The predicted molar refractivity (Wildman–Crippen MR) is 16.7 cm³/mol. The Hall–Kier alpha value is 0.543. The second-order valence-electron chi connectivity index (χ2n) is 1.12. The summed E-state index contributed by atoms with van der Waals surface area (Å²) in [5.41, 5.74) is 0. The van der Waals surface area contributed by atoms with Crippen molar-refractivity contribution >= 4 is 3.21 Å². The third-order valence-electron chi connectivity index (χ3n) is 0.425. The van der Waals surface area contributed by atoms with Crippen molar-refractivity contribution in [1.29, 1.82) is 0 Å². The molecule has 0 amide bonds. The van der Waals surface area contributed by atoms with Gasteiger partial charge in [-0.3, -0.25) is 0 Å². The first kappa shape index (κ1) is 7.54. The Bertz CT molecular complexity index is 82.7. The molecule has 0 nitrogen and oxygen atoms in total. The van der Waals surface area contributed by atoms with E-state index in [0.717, 1.165) is 6.92 Å². The molecule has 0 N–H and O–H groups in total. The first-order chi connectivity index (χ1) is 2.94. The van der Waals surface area contributed by atoms with Gasteiger partial charge >= 0.3 is 53.7 Å². The molecule has 0 atom stereocenters. The molecule has 0 aliphatic rings. The Labute approximate surface area is 54.0 Å². The molecule has 0 aromatic carbocycles. The standard InChI is InChI=1S/C3H3F3.Zr/c1-2-3(4,5)6;/h1H3;/q;+2. The minimum absolute atomic E-state index is 0.417. The first-order valence-corrected chi connectivity index (χ1v) is 2.80. The zero-order valence-corrected chi connectivity index (χ0v) is 6.09. The van der Waals surface area contributed by atoms with Crippen molar-refractivity contribution in [1.82, 2.24) is 0 Å². The van der Waals surface area contributed by atoms with E-state index in [4.69, 9.17) is 0 Å². The van der Waals surface area contributed by atoms with E-state index in [-0.39, 0.29) is 0 Å². The molecule has 0 radical (unpaired) electrons. The van der Waals surface area contributed by atoms with Crippen LogP contribution in [0.4, 0.5) is 13.2 Å². The summed E-state index contributed by atoms with van der Waals surface area (Å²) in [6.45, 7) is 1.08. The van der Waals surface area contributed by atoms with Crippen molar-refractivity contribution < 1.29 is 37.4 Å². The van der Waals surface area contributed by atoms with E-state index in [0.29, 0.717) is 24.2 Å². The van der Waals surface area contributed by atoms with E-state index in [2.05, 4.69) is 0 Å². The van der Waals surface area contributed by atoms with Gasteiger partial charge in [0.05, 0.1) is 0 Å². The molecule has 0 unspecified atom stereocenters. The number of hydrogen-bond donors (Lipinski definition) is 0. The normalized spacial score (nSPS) is 11.7. The average Bonchev–Trinajstić information content (AvgIpc) is 1.31. The van der Waals surface area contributed by atoms with Crippen LogP contribution in [0.5, 0.6) is 0 Å². The van der Waals surface area contributed by atoms with Crippen LogP contribution >= 0.6 is 0 Å². The number of alkyl halides is 3. The Kier molecular flexibility index (Phi) is 2.38. The molecule has 38 valence electrons. The van der Waals surface area contributed by atoms with Gasteiger partial charge in [-0.15, -0.1) is 0 Å². The van der Waals surface area contributed by atoms with Gasteiger partial charge in [-0.2, -0.15) is 0 Å². The number of hydrogen-bond acceptors (Lipinski definition) is 0. The molecule has 0 spiro atoms. The molecule has 0 aliphatic carbocycles. The topological polar surface area (TPSA) is 0 Å². The molecule has 0 rings (SSSR count). The van der Waals surface area contributed by atoms with Gasteiger partial charge in [-0.05, 0) is 0 Å². The van der Waals surface area contributed by atoms with Crippen molar-refractivity contribution in [3.05, 3.63) is 0 Å². The Morgan fingerprint density at radius 3 is 1.57 bits per heavy atom. The average molecular weight is 187 g/mol. The summed E-state index contributed by atoms with van der Waals surface area (Å²) in [5.74, 6) is 0. The molecule has 0 aromatic rings. The van der Waals surface area contributed by atoms with Crippen LogP contribution in [-0.4, -0.2) is 9.38 Å². The fraction of sp³-hybridized carbons (Fsp3) is 0.667. The maximum absolute atomic E-state index is 11.2. The molecule has 0 saturated carbocycles. The number of halogens is 3. The monoisotopic (exact) mass is 186 g/mol. The predicted octanol–water partition coefficient (Wildman–Crippen LogP) is 1.29. The molecular formula is C3H3F3Zr+2. The third kappa shape index (κ3) is 3.15. The van der Waals surface area contributed by atoms with Gasteiger partial charge in [-0.25, -0.2) is 0 Å². The molecular weight excluding hydrogens is 184 g/mol. The Morgan fingerprint density at radius 2 is 1.57 bits per heavy atom. The van der Waals surface area contributed by atoms with E-state index < -0.39 is 9.38 Å². The van der Waals surface area contributed by atoms with Crippen LogP contribution < -0.4 is 0 Å². The molecule has 0 heterocycles. The quantitative estimate of drug-likeness (QED) is 0.536. The Balaban J connectivity index is 3.79. The van der Waals surface area contributed by atoms with Crippen molar-refractivity contribution in [2.24, 2.45) is 0 Å². The van der Waals surface area contributed by atoms with Crippen molar-refractivity contribution in [3.8, 4) is 0 Å². The minimum atomic E-state index is -4.04. The summed E-state index contributed by atoms with van der Waals surface area (Å²) >= 11 is 0.444. The first-order valence-electron chi connectivity index (χ1n) is 1.57. The van der Waals surface area contributed by atoms with Crippen LogP contribution in [0.3, 0.4) is 0 Å². The van der Waals surface area contributed by atoms with Crippen LogP contribution in [0, 0.1) is 0 Å². The molecule has 0 saturated heterocycles. The fourth-order valence-corrected chi connectivity index (χ4v) is 0. The van der Waals surface area contributed by atoms with Gasteiger partial charge in [0.25, 0.3) is 0 Å². The summed E-state index contributed by atoms with van der Waals surface area (Å²) in [6, 6.07) is 0. The van der Waals surface area contributed by atoms with Crippen LogP contribution in [-0.2, 0) is 24.2 Å². The second-order valence-corrected chi connectivity index (χ2v) is 2.97. The molecule has 0 aromatic heterocycles. The summed E-state index contributed by atoms with van der Waals surface area (Å²) < 4.78 is 33.1. The fourth-order valence-electron chi connectivity index (χ4n) is 0. The summed E-state index contributed by atoms with van der Waals surface area (Å²) in [6.07, 6.45) is -4.04. The molecule has 0 fully saturated rings. The molecule has 7 heavy (non-hydrogen) atoms. The van der Waals surface area contributed by atoms with Crippen LogP contribution in [0.25, 0.3) is 0 Å². The molecule has 0 aliphatic heterocycles.